The molecule has 0 aliphatic heterocycles. The topological polar surface area (TPSA) is 135 Å². The van der Waals surface area contributed by atoms with Crippen LogP contribution in [0.4, 0.5) is 9.59 Å². The normalized spacial score (nSPS) is 13.4. The highest BCUT2D eigenvalue weighted by Crippen LogP contribution is 2.36. The van der Waals surface area contributed by atoms with E-state index in [4.69, 9.17) is 9.16 Å². The number of carbonyl (C=O) groups excluding carboxylic acids is 3. The van der Waals surface area contributed by atoms with Crippen molar-refractivity contribution in [3.63, 3.8) is 0 Å². The van der Waals surface area contributed by atoms with Gasteiger partial charge in [-0.25, -0.2) is 9.59 Å². The second-order valence-electron chi connectivity index (χ2n) is 14.4. The van der Waals surface area contributed by atoms with Crippen LogP contribution in [-0.4, -0.2) is 73.0 Å². The van der Waals surface area contributed by atoms with Gasteiger partial charge >= 0.3 is 12.1 Å². The van der Waals surface area contributed by atoms with Crippen LogP contribution in [0, 0.1) is 0 Å². The van der Waals surface area contributed by atoms with Crippen LogP contribution in [0.3, 0.4) is 0 Å². The zero-order valence-electron chi connectivity index (χ0n) is 31.0. The monoisotopic (exact) mass is 764 g/mol. The maximum Gasteiger partial charge on any atom is 0.407 e. The molecule has 2 aromatic heterocycles. The summed E-state index contributed by atoms with van der Waals surface area (Å²) >= 11 is 2.89. The number of thiazole rings is 2. The van der Waals surface area contributed by atoms with E-state index < -0.39 is 20.5 Å². The van der Waals surface area contributed by atoms with Gasteiger partial charge in [-0.3, -0.25) is 14.8 Å². The van der Waals surface area contributed by atoms with Crippen LogP contribution in [0.1, 0.15) is 54.5 Å². The number of amides is 4. The zero-order chi connectivity index (χ0) is 37.6. The predicted octanol–water partition coefficient (Wildman–Crippen LogP) is 7.18. The van der Waals surface area contributed by atoms with E-state index in [1.54, 1.807) is 30.5 Å². The van der Waals surface area contributed by atoms with Gasteiger partial charge in [0.1, 0.15) is 12.6 Å². The Kier molecular flexibility index (Phi) is 15.4. The van der Waals surface area contributed by atoms with E-state index in [1.165, 1.54) is 27.6 Å². The number of nitrogens with zero attached hydrogens (tertiary/aromatic N) is 3. The fraction of sp³-hybridized carbons (Fsp3) is 0.447. The Morgan fingerprint density at radius 3 is 1.87 bits per heavy atom. The average Bonchev–Trinajstić information content (AvgIpc) is 3.83. The molecule has 0 aliphatic carbocycles. The van der Waals surface area contributed by atoms with Crippen molar-refractivity contribution in [1.82, 2.24) is 30.8 Å². The molecule has 3 N–H and O–H groups in total. The number of urea groups is 1. The van der Waals surface area contributed by atoms with Crippen molar-refractivity contribution in [3.8, 4) is 0 Å². The molecule has 0 fully saturated rings. The molecule has 11 nitrogen and oxygen atoms in total. The lowest BCUT2D eigenvalue weighted by molar-refractivity contribution is -0.124. The largest absolute Gasteiger partial charge is 0.444 e. The van der Waals surface area contributed by atoms with Crippen LogP contribution >= 0.6 is 22.7 Å². The molecule has 4 amide bonds. The Bertz CT molecular complexity index is 1650. The van der Waals surface area contributed by atoms with Gasteiger partial charge < -0.3 is 30.0 Å². The van der Waals surface area contributed by atoms with Crippen LogP contribution in [-0.2, 0) is 40.0 Å². The SMILES string of the molecule is CN(Cc1cncs1)C(=O)NC(CO[Si](C)(C)C(C)(C)C)C(=O)NC(CCC(Cc1ccccc1)NC(=O)OCc1cncs1)Cc1ccccc1. The molecule has 3 atom stereocenters. The Hall–Kier alpha value is -4.11. The van der Waals surface area contributed by atoms with E-state index in [2.05, 4.69) is 59.8 Å². The summed E-state index contributed by atoms with van der Waals surface area (Å²) in [4.78, 5) is 52.0. The number of benzene rings is 2. The van der Waals surface area contributed by atoms with Gasteiger partial charge in [0.15, 0.2) is 8.32 Å². The molecular formula is C38H52N6O5S2Si. The number of alkyl carbamates (subject to hydrolysis) is 1. The maximum atomic E-state index is 14.2. The molecule has 4 aromatic rings. The quantitative estimate of drug-likeness (QED) is 0.0915. The van der Waals surface area contributed by atoms with Crippen LogP contribution < -0.4 is 16.0 Å². The van der Waals surface area contributed by atoms with Crippen LogP contribution in [0.25, 0.3) is 0 Å². The number of rotatable bonds is 18. The first-order chi connectivity index (χ1) is 24.8. The van der Waals surface area contributed by atoms with Crippen molar-refractivity contribution >= 4 is 49.0 Å². The van der Waals surface area contributed by atoms with Crippen molar-refractivity contribution in [2.24, 2.45) is 0 Å². The van der Waals surface area contributed by atoms with Gasteiger partial charge in [0, 0.05) is 36.4 Å². The number of carbonyl (C=O) groups is 3. The number of hydrogen-bond acceptors (Lipinski definition) is 9. The maximum absolute atomic E-state index is 14.2. The second-order valence-corrected chi connectivity index (χ2v) is 21.2. The van der Waals surface area contributed by atoms with Gasteiger partial charge in [0.05, 0.1) is 29.0 Å². The molecule has 0 bridgehead atoms. The summed E-state index contributed by atoms with van der Waals surface area (Å²) in [6.07, 6.45) is 5.19. The smallest absolute Gasteiger partial charge is 0.407 e. The Morgan fingerprint density at radius 2 is 1.35 bits per heavy atom. The number of ether oxygens (including phenoxy) is 1. The third-order valence-electron chi connectivity index (χ3n) is 9.27. The molecule has 0 radical (unpaired) electrons. The Morgan fingerprint density at radius 1 is 0.808 bits per heavy atom. The summed E-state index contributed by atoms with van der Waals surface area (Å²) in [5.41, 5.74) is 5.56. The number of aromatic nitrogens is 2. The van der Waals surface area contributed by atoms with Gasteiger partial charge in [0.2, 0.25) is 5.91 Å². The standard InChI is InChI=1S/C38H52N6O5S2Si/c1-38(2,3)52(5,6)49-25-34(43-36(46)44(4)23-32-21-39-26-50-32)35(45)41-30(19-28-13-9-7-10-14-28)17-18-31(20-29-15-11-8-12-16-29)42-37(47)48-24-33-22-40-27-51-33/h7-16,21-22,26-27,30-31,34H,17-20,23-25H2,1-6H3,(H,41,45)(H,42,47)(H,43,46). The highest BCUT2D eigenvalue weighted by atomic mass is 32.1. The highest BCUT2D eigenvalue weighted by Gasteiger charge is 2.39. The lowest BCUT2D eigenvalue weighted by atomic mass is 9.96. The molecule has 3 unspecified atom stereocenters. The molecule has 52 heavy (non-hydrogen) atoms. The molecule has 2 heterocycles. The van der Waals surface area contributed by atoms with Crippen molar-refractivity contribution in [2.45, 2.75) is 95.9 Å². The predicted molar refractivity (Wildman–Crippen MR) is 210 cm³/mol. The van der Waals surface area contributed by atoms with Crippen molar-refractivity contribution in [2.75, 3.05) is 13.7 Å². The van der Waals surface area contributed by atoms with E-state index in [0.717, 1.165) is 20.9 Å². The first kappa shape index (κ1) is 40.7. The summed E-state index contributed by atoms with van der Waals surface area (Å²) in [7, 11) is -0.565. The molecule has 0 spiro atoms. The summed E-state index contributed by atoms with van der Waals surface area (Å²) < 4.78 is 12.0. The first-order valence-electron chi connectivity index (χ1n) is 17.5. The van der Waals surface area contributed by atoms with Gasteiger partial charge in [-0.05, 0) is 54.9 Å². The number of nitrogens with one attached hydrogen (secondary N) is 3. The van der Waals surface area contributed by atoms with E-state index in [0.29, 0.717) is 32.2 Å². The molecular weight excluding hydrogens is 713 g/mol. The van der Waals surface area contributed by atoms with E-state index in [-0.39, 0.29) is 42.3 Å². The highest BCUT2D eigenvalue weighted by molar-refractivity contribution is 7.09. The fourth-order valence-electron chi connectivity index (χ4n) is 5.19. The average molecular weight is 765 g/mol. The van der Waals surface area contributed by atoms with Crippen molar-refractivity contribution < 1.29 is 23.5 Å². The van der Waals surface area contributed by atoms with E-state index in [9.17, 15) is 14.4 Å². The van der Waals surface area contributed by atoms with E-state index >= 15 is 0 Å². The minimum absolute atomic E-state index is 0.0459. The van der Waals surface area contributed by atoms with Gasteiger partial charge in [0.25, 0.3) is 0 Å². The third kappa shape index (κ3) is 13.5. The first-order valence-corrected chi connectivity index (χ1v) is 22.2. The minimum Gasteiger partial charge on any atom is -0.444 e. The summed E-state index contributed by atoms with van der Waals surface area (Å²) in [6.45, 7) is 11.2. The zero-order valence-corrected chi connectivity index (χ0v) is 33.6. The van der Waals surface area contributed by atoms with Crippen LogP contribution in [0.2, 0.25) is 18.1 Å². The third-order valence-corrected chi connectivity index (χ3v) is 15.3. The summed E-state index contributed by atoms with van der Waals surface area (Å²) in [5, 5.41) is 9.18. The van der Waals surface area contributed by atoms with Crippen molar-refractivity contribution in [1.29, 1.82) is 0 Å². The second kappa shape index (κ2) is 19.6. The van der Waals surface area contributed by atoms with Gasteiger partial charge in [-0.1, -0.05) is 81.4 Å². The van der Waals surface area contributed by atoms with E-state index in [1.807, 2.05) is 60.7 Å². The Balaban J connectivity index is 1.50. The Labute approximate surface area is 316 Å². The van der Waals surface area contributed by atoms with Crippen LogP contribution in [0.5, 0.6) is 0 Å². The molecule has 4 rings (SSSR count). The van der Waals surface area contributed by atoms with Gasteiger partial charge in [-0.15, -0.1) is 22.7 Å². The lowest BCUT2D eigenvalue weighted by Crippen LogP contribution is -2.56. The molecule has 0 saturated carbocycles. The van der Waals surface area contributed by atoms with Crippen molar-refractivity contribution in [3.05, 3.63) is 105 Å². The summed E-state index contributed by atoms with van der Waals surface area (Å²) in [5.74, 6) is -0.323. The number of hydrogen-bond donors (Lipinski definition) is 3. The molecule has 280 valence electrons. The molecule has 2 aromatic carbocycles. The summed E-state index contributed by atoms with van der Waals surface area (Å²) in [6, 6.07) is 18.1. The van der Waals surface area contributed by atoms with Crippen LogP contribution in [0.15, 0.2) is 84.1 Å². The minimum atomic E-state index is -2.26. The van der Waals surface area contributed by atoms with Gasteiger partial charge in [-0.2, -0.15) is 0 Å². The molecule has 0 aliphatic rings. The molecule has 14 heteroatoms. The fourth-order valence-corrected chi connectivity index (χ4v) is 7.36. The lowest BCUT2D eigenvalue weighted by Gasteiger charge is -2.37. The molecule has 0 saturated heterocycles.